The molecule has 1 aliphatic carbocycles. The Morgan fingerprint density at radius 1 is 1.32 bits per heavy atom. The molecular formula is C23H39ClO4. The SMILES string of the molecule is CCCC[C@H](C)C[C@H](O)C=C[C@@H]1[C@@H](CC=CCCCC(=O)OC)[C@H](Cl)C[C@H]1O. The molecule has 0 radical (unpaired) electrons. The van der Waals surface area contributed by atoms with Crippen LogP contribution >= 0.6 is 11.6 Å². The van der Waals surface area contributed by atoms with Gasteiger partial charge in [-0.2, -0.15) is 0 Å². The van der Waals surface area contributed by atoms with Crippen molar-refractivity contribution in [2.45, 2.75) is 89.2 Å². The second-order valence-corrected chi connectivity index (χ2v) is 8.73. The largest absolute Gasteiger partial charge is 0.469 e. The number of ether oxygens (including phenoxy) is 1. The topological polar surface area (TPSA) is 66.8 Å². The molecule has 0 aliphatic heterocycles. The summed E-state index contributed by atoms with van der Waals surface area (Å²) in [7, 11) is 1.40. The molecule has 1 aliphatic rings. The molecule has 4 nitrogen and oxygen atoms in total. The molecule has 0 amide bonds. The van der Waals surface area contributed by atoms with Crippen molar-refractivity contribution in [2.75, 3.05) is 7.11 Å². The molecule has 0 unspecified atom stereocenters. The number of hydrogen-bond donors (Lipinski definition) is 2. The first-order valence-corrected chi connectivity index (χ1v) is 11.2. The maximum atomic E-state index is 11.1. The number of esters is 1. The van der Waals surface area contributed by atoms with Gasteiger partial charge in [0.05, 0.1) is 19.3 Å². The highest BCUT2D eigenvalue weighted by molar-refractivity contribution is 6.21. The third kappa shape index (κ3) is 9.58. The van der Waals surface area contributed by atoms with Crippen LogP contribution in [0.2, 0.25) is 0 Å². The van der Waals surface area contributed by atoms with E-state index in [1.165, 1.54) is 20.0 Å². The lowest BCUT2D eigenvalue weighted by Gasteiger charge is -2.20. The highest BCUT2D eigenvalue weighted by Crippen LogP contribution is 2.39. The lowest BCUT2D eigenvalue weighted by Crippen LogP contribution is -2.19. The summed E-state index contributed by atoms with van der Waals surface area (Å²) in [6.07, 6.45) is 14.7. The Bertz CT molecular complexity index is 491. The maximum absolute atomic E-state index is 11.1. The van der Waals surface area contributed by atoms with Crippen molar-refractivity contribution in [1.82, 2.24) is 0 Å². The Balaban J connectivity index is 2.48. The van der Waals surface area contributed by atoms with Gasteiger partial charge in [-0.1, -0.05) is 57.4 Å². The van der Waals surface area contributed by atoms with E-state index in [4.69, 9.17) is 11.6 Å². The maximum Gasteiger partial charge on any atom is 0.305 e. The van der Waals surface area contributed by atoms with E-state index in [9.17, 15) is 15.0 Å². The van der Waals surface area contributed by atoms with E-state index >= 15 is 0 Å². The first-order chi connectivity index (χ1) is 13.4. The highest BCUT2D eigenvalue weighted by atomic mass is 35.5. The van der Waals surface area contributed by atoms with Crippen LogP contribution in [0.25, 0.3) is 0 Å². The number of unbranched alkanes of at least 4 members (excludes halogenated alkanes) is 2. The Morgan fingerprint density at radius 3 is 2.75 bits per heavy atom. The highest BCUT2D eigenvalue weighted by Gasteiger charge is 2.39. The van der Waals surface area contributed by atoms with Gasteiger partial charge >= 0.3 is 5.97 Å². The molecule has 5 heteroatoms. The lowest BCUT2D eigenvalue weighted by atomic mass is 9.89. The zero-order valence-corrected chi connectivity index (χ0v) is 18.5. The number of aliphatic hydroxyl groups is 2. The minimum absolute atomic E-state index is 0.0252. The van der Waals surface area contributed by atoms with Gasteiger partial charge < -0.3 is 14.9 Å². The minimum Gasteiger partial charge on any atom is -0.469 e. The zero-order valence-electron chi connectivity index (χ0n) is 17.7. The average molecular weight is 415 g/mol. The smallest absolute Gasteiger partial charge is 0.305 e. The lowest BCUT2D eigenvalue weighted by molar-refractivity contribution is -0.140. The van der Waals surface area contributed by atoms with Gasteiger partial charge in [0.2, 0.25) is 0 Å². The first-order valence-electron chi connectivity index (χ1n) is 10.8. The summed E-state index contributed by atoms with van der Waals surface area (Å²) in [4.78, 5) is 11.1. The molecule has 0 saturated heterocycles. The summed E-state index contributed by atoms with van der Waals surface area (Å²) in [6, 6.07) is 0. The molecule has 1 saturated carbocycles. The van der Waals surface area contributed by atoms with Crippen molar-refractivity contribution in [3.63, 3.8) is 0 Å². The zero-order chi connectivity index (χ0) is 20.9. The van der Waals surface area contributed by atoms with Gasteiger partial charge in [-0.15, -0.1) is 11.6 Å². The van der Waals surface area contributed by atoms with Gasteiger partial charge in [0.1, 0.15) is 0 Å². The average Bonchev–Trinajstić information content (AvgIpc) is 2.93. The summed E-state index contributed by atoms with van der Waals surface area (Å²) in [5.41, 5.74) is 0. The number of alkyl halides is 1. The van der Waals surface area contributed by atoms with Crippen molar-refractivity contribution in [2.24, 2.45) is 17.8 Å². The van der Waals surface area contributed by atoms with Crippen molar-refractivity contribution in [1.29, 1.82) is 0 Å². The van der Waals surface area contributed by atoms with E-state index in [1.807, 2.05) is 12.2 Å². The molecule has 2 N–H and O–H groups in total. The van der Waals surface area contributed by atoms with Crippen LogP contribution in [-0.4, -0.2) is 40.9 Å². The van der Waals surface area contributed by atoms with Crippen LogP contribution in [0.4, 0.5) is 0 Å². The summed E-state index contributed by atoms with van der Waals surface area (Å²) in [6.45, 7) is 4.36. The van der Waals surface area contributed by atoms with Gasteiger partial charge in [0.15, 0.2) is 0 Å². The monoisotopic (exact) mass is 414 g/mol. The van der Waals surface area contributed by atoms with Crippen LogP contribution in [-0.2, 0) is 9.53 Å². The van der Waals surface area contributed by atoms with E-state index in [-0.39, 0.29) is 23.2 Å². The second kappa shape index (κ2) is 14.2. The number of carbonyl (C=O) groups excluding carboxylic acids is 1. The molecule has 0 aromatic carbocycles. The molecular weight excluding hydrogens is 376 g/mol. The third-order valence-corrected chi connectivity index (χ3v) is 6.18. The third-order valence-electron chi connectivity index (χ3n) is 5.67. The van der Waals surface area contributed by atoms with E-state index < -0.39 is 12.2 Å². The quantitative estimate of drug-likeness (QED) is 0.192. The molecule has 162 valence electrons. The van der Waals surface area contributed by atoms with Crippen LogP contribution in [0.1, 0.15) is 71.6 Å². The molecule has 0 aromatic heterocycles. The Labute approximate surface area is 176 Å². The van der Waals surface area contributed by atoms with E-state index in [2.05, 4.69) is 30.7 Å². The molecule has 0 aromatic rings. The molecule has 6 atom stereocenters. The number of halogens is 1. The van der Waals surface area contributed by atoms with E-state index in [1.54, 1.807) is 0 Å². The summed E-state index contributed by atoms with van der Waals surface area (Å²) < 4.78 is 4.63. The van der Waals surface area contributed by atoms with Crippen molar-refractivity contribution >= 4 is 17.6 Å². The van der Waals surface area contributed by atoms with Crippen molar-refractivity contribution < 1.29 is 19.7 Å². The summed E-state index contributed by atoms with van der Waals surface area (Å²) >= 11 is 6.47. The van der Waals surface area contributed by atoms with Gasteiger partial charge in [-0.05, 0) is 43.9 Å². The van der Waals surface area contributed by atoms with E-state index in [0.717, 1.165) is 32.1 Å². The number of rotatable bonds is 13. The van der Waals surface area contributed by atoms with Crippen LogP contribution < -0.4 is 0 Å². The van der Waals surface area contributed by atoms with Crippen LogP contribution in [0, 0.1) is 17.8 Å². The second-order valence-electron chi connectivity index (χ2n) is 8.17. The van der Waals surface area contributed by atoms with Crippen LogP contribution in [0.5, 0.6) is 0 Å². The Hall–Kier alpha value is -0.840. The number of methoxy groups -OCH3 is 1. The fraction of sp³-hybridized carbons (Fsp3) is 0.783. The normalized spacial score (nSPS) is 27.5. The Morgan fingerprint density at radius 2 is 2.07 bits per heavy atom. The minimum atomic E-state index is -0.469. The molecule has 0 heterocycles. The fourth-order valence-corrected chi connectivity index (χ4v) is 4.37. The van der Waals surface area contributed by atoms with E-state index in [0.29, 0.717) is 18.8 Å². The van der Waals surface area contributed by atoms with Gasteiger partial charge in [-0.25, -0.2) is 0 Å². The summed E-state index contributed by atoms with van der Waals surface area (Å²) in [5.74, 6) is 0.454. The molecule has 1 fully saturated rings. The molecule has 0 bridgehead atoms. The van der Waals surface area contributed by atoms with Crippen LogP contribution in [0.15, 0.2) is 24.3 Å². The molecule has 28 heavy (non-hydrogen) atoms. The van der Waals surface area contributed by atoms with Crippen molar-refractivity contribution in [3.8, 4) is 0 Å². The summed E-state index contributed by atoms with van der Waals surface area (Å²) in [5, 5.41) is 20.6. The first kappa shape index (κ1) is 25.2. The number of hydrogen-bond acceptors (Lipinski definition) is 4. The number of carbonyl (C=O) groups is 1. The number of allylic oxidation sites excluding steroid dienone is 2. The van der Waals surface area contributed by atoms with Crippen LogP contribution in [0.3, 0.4) is 0 Å². The predicted octanol–water partition coefficient (Wildman–Crippen LogP) is 5.01. The standard InChI is InChI=1S/C23H39ClO4/c1-4-5-10-17(2)15-18(25)13-14-20-19(21(24)16-22(20)26)11-8-6-7-9-12-23(27)28-3/h6,8,13-14,17-22,25-26H,4-5,7,9-12,15-16H2,1-3H3/t17-,18+,19+,20+,21+,22+/m0/s1. The van der Waals surface area contributed by atoms with Gasteiger partial charge in [0, 0.05) is 17.7 Å². The van der Waals surface area contributed by atoms with Gasteiger partial charge in [0.25, 0.3) is 0 Å². The predicted molar refractivity (Wildman–Crippen MR) is 115 cm³/mol. The molecule has 0 spiro atoms. The van der Waals surface area contributed by atoms with Crippen molar-refractivity contribution in [3.05, 3.63) is 24.3 Å². The Kier molecular flexibility index (Phi) is 12.8. The number of aliphatic hydroxyl groups excluding tert-OH is 2. The fourth-order valence-electron chi connectivity index (χ4n) is 3.92. The molecule has 1 rings (SSSR count). The van der Waals surface area contributed by atoms with Gasteiger partial charge in [-0.3, -0.25) is 4.79 Å².